The number of anilines is 1. The van der Waals surface area contributed by atoms with Crippen molar-refractivity contribution in [2.45, 2.75) is 19.4 Å². The van der Waals surface area contributed by atoms with Gasteiger partial charge < -0.3 is 11.1 Å². The third-order valence-electron chi connectivity index (χ3n) is 3.42. The van der Waals surface area contributed by atoms with Crippen LogP contribution in [0.15, 0.2) is 36.9 Å². The third-order valence-corrected chi connectivity index (χ3v) is 4.79. The molecule has 25 heavy (non-hydrogen) atoms. The third kappa shape index (κ3) is 3.75. The van der Waals surface area contributed by atoms with Gasteiger partial charge in [-0.3, -0.25) is 9.78 Å². The normalized spacial score (nSPS) is 11.3. The molecule has 0 unspecified atom stereocenters. The first-order valence-corrected chi connectivity index (χ1v) is 8.53. The number of nitrogens with two attached hydrogens (primary N) is 1. The van der Waals surface area contributed by atoms with Crippen molar-refractivity contribution in [2.75, 3.05) is 5.32 Å². The van der Waals surface area contributed by atoms with E-state index in [4.69, 9.17) is 17.3 Å². The molecule has 9 heteroatoms. The van der Waals surface area contributed by atoms with Crippen molar-refractivity contribution >= 4 is 34.8 Å². The first-order chi connectivity index (χ1) is 11.9. The van der Waals surface area contributed by atoms with E-state index in [0.29, 0.717) is 32.1 Å². The number of thiazole rings is 1. The van der Waals surface area contributed by atoms with E-state index in [9.17, 15) is 4.79 Å². The summed E-state index contributed by atoms with van der Waals surface area (Å²) in [6.07, 6.45) is 6.40. The van der Waals surface area contributed by atoms with E-state index in [1.54, 1.807) is 30.7 Å². The molecule has 128 valence electrons. The predicted octanol–water partition coefficient (Wildman–Crippen LogP) is 3.09. The lowest BCUT2D eigenvalue weighted by Crippen LogP contribution is -2.30. The Balaban J connectivity index is 1.80. The molecule has 0 aliphatic carbocycles. The summed E-state index contributed by atoms with van der Waals surface area (Å²) in [5.74, 6) is -0.0703. The summed E-state index contributed by atoms with van der Waals surface area (Å²) in [6.45, 7) is 3.89. The van der Waals surface area contributed by atoms with Crippen molar-refractivity contribution < 1.29 is 4.79 Å². The van der Waals surface area contributed by atoms with Crippen LogP contribution in [0.2, 0.25) is 5.02 Å². The van der Waals surface area contributed by atoms with Gasteiger partial charge in [-0.05, 0) is 26.0 Å². The van der Waals surface area contributed by atoms with Crippen molar-refractivity contribution in [2.24, 2.45) is 5.73 Å². The fourth-order valence-electron chi connectivity index (χ4n) is 2.21. The molecule has 7 nitrogen and oxygen atoms in total. The average Bonchev–Trinajstić information content (AvgIpc) is 3.06. The molecule has 0 spiro atoms. The number of nitrogens with zero attached hydrogens (tertiary/aromatic N) is 4. The summed E-state index contributed by atoms with van der Waals surface area (Å²) in [5, 5.41) is 4.42. The molecule has 3 heterocycles. The fourth-order valence-corrected chi connectivity index (χ4v) is 3.31. The van der Waals surface area contributed by atoms with Crippen LogP contribution in [0, 0.1) is 0 Å². The van der Waals surface area contributed by atoms with Crippen LogP contribution in [0.25, 0.3) is 10.6 Å². The minimum atomic E-state index is -0.555. The maximum atomic E-state index is 11.2. The predicted molar refractivity (Wildman–Crippen MR) is 97.6 cm³/mol. The van der Waals surface area contributed by atoms with Crippen molar-refractivity contribution in [1.29, 1.82) is 0 Å². The van der Waals surface area contributed by atoms with Crippen molar-refractivity contribution in [3.63, 3.8) is 0 Å². The van der Waals surface area contributed by atoms with Gasteiger partial charge >= 0.3 is 0 Å². The SMILES string of the molecule is CC(C)(Nc1ncc(-c2ncc(C(N)=O)s2)cn1)c1ncccc1Cl. The van der Waals surface area contributed by atoms with Gasteiger partial charge in [0.2, 0.25) is 5.95 Å². The number of halogens is 1. The molecule has 3 rings (SSSR count). The maximum Gasteiger partial charge on any atom is 0.260 e. The standard InChI is InChI=1S/C16H15ClN6OS/c1-16(2,12-10(17)4-3-5-19-12)23-15-21-6-9(7-22-15)14-20-8-11(25-14)13(18)24/h3-8H,1-2H3,(H2,18,24)(H,21,22,23). The highest BCUT2D eigenvalue weighted by Gasteiger charge is 2.25. The molecule has 1 amide bonds. The van der Waals surface area contributed by atoms with E-state index in [1.165, 1.54) is 17.5 Å². The quantitative estimate of drug-likeness (QED) is 0.710. The Morgan fingerprint density at radius 3 is 2.52 bits per heavy atom. The van der Waals surface area contributed by atoms with Crippen LogP contribution < -0.4 is 11.1 Å². The smallest absolute Gasteiger partial charge is 0.260 e. The summed E-state index contributed by atoms with van der Waals surface area (Å²) in [4.78, 5) is 28.6. The van der Waals surface area contributed by atoms with Crippen molar-refractivity contribution in [3.8, 4) is 10.6 Å². The zero-order chi connectivity index (χ0) is 18.0. The lowest BCUT2D eigenvalue weighted by molar-refractivity contribution is 0.100. The number of carbonyl (C=O) groups excluding carboxylic acids is 1. The maximum absolute atomic E-state index is 11.2. The van der Waals surface area contributed by atoms with Gasteiger partial charge in [-0.15, -0.1) is 11.3 Å². The molecule has 0 atom stereocenters. The first kappa shape index (κ1) is 17.2. The Bertz CT molecular complexity index is 909. The van der Waals surface area contributed by atoms with E-state index in [-0.39, 0.29) is 0 Å². The van der Waals surface area contributed by atoms with Gasteiger partial charge in [-0.1, -0.05) is 11.6 Å². The summed E-state index contributed by atoms with van der Waals surface area (Å²) >= 11 is 7.42. The molecular formula is C16H15ClN6OS. The second-order valence-electron chi connectivity index (χ2n) is 5.77. The lowest BCUT2D eigenvalue weighted by Gasteiger charge is -2.26. The van der Waals surface area contributed by atoms with Crippen molar-refractivity contribution in [3.05, 3.63) is 52.5 Å². The topological polar surface area (TPSA) is 107 Å². The van der Waals surface area contributed by atoms with Crippen LogP contribution in [0.4, 0.5) is 5.95 Å². The number of nitrogens with one attached hydrogen (secondary N) is 1. The van der Waals surface area contributed by atoms with Gasteiger partial charge in [0.05, 0.1) is 22.5 Å². The molecule has 0 aliphatic rings. The number of carbonyl (C=O) groups is 1. The van der Waals surface area contributed by atoms with E-state index in [1.807, 2.05) is 13.8 Å². The molecule has 3 aromatic rings. The Kier molecular flexibility index (Phi) is 4.65. The molecule has 0 bridgehead atoms. The van der Waals surface area contributed by atoms with E-state index < -0.39 is 11.4 Å². The van der Waals surface area contributed by atoms with E-state index in [0.717, 1.165) is 0 Å². The molecule has 0 radical (unpaired) electrons. The summed E-state index contributed by atoms with van der Waals surface area (Å²) in [5.41, 5.74) is 6.09. The van der Waals surface area contributed by atoms with Crippen LogP contribution in [0.1, 0.15) is 29.2 Å². The minimum absolute atomic E-state index is 0.392. The number of amides is 1. The van der Waals surface area contributed by atoms with Gasteiger partial charge in [0.1, 0.15) is 9.88 Å². The molecule has 0 aromatic carbocycles. The molecule has 0 aliphatic heterocycles. The average molecular weight is 375 g/mol. The van der Waals surface area contributed by atoms with E-state index in [2.05, 4.69) is 25.3 Å². The highest BCUT2D eigenvalue weighted by molar-refractivity contribution is 7.16. The second-order valence-corrected chi connectivity index (χ2v) is 7.21. The van der Waals surface area contributed by atoms with Crippen LogP contribution in [0.5, 0.6) is 0 Å². The summed E-state index contributed by atoms with van der Waals surface area (Å²) in [7, 11) is 0. The zero-order valence-corrected chi connectivity index (χ0v) is 15.1. The zero-order valence-electron chi connectivity index (χ0n) is 13.5. The molecule has 3 N–H and O–H groups in total. The Hall–Kier alpha value is -2.58. The first-order valence-electron chi connectivity index (χ1n) is 7.34. The lowest BCUT2D eigenvalue weighted by atomic mass is 10.00. The van der Waals surface area contributed by atoms with Crippen LogP contribution >= 0.6 is 22.9 Å². The van der Waals surface area contributed by atoms with Gasteiger partial charge in [-0.2, -0.15) is 0 Å². The highest BCUT2D eigenvalue weighted by Crippen LogP contribution is 2.29. The molecule has 3 aromatic heterocycles. The Morgan fingerprint density at radius 2 is 1.92 bits per heavy atom. The number of primary amides is 1. The molecular weight excluding hydrogens is 360 g/mol. The van der Waals surface area contributed by atoms with Crippen LogP contribution in [-0.4, -0.2) is 25.8 Å². The van der Waals surface area contributed by atoms with Crippen LogP contribution in [0.3, 0.4) is 0 Å². The highest BCUT2D eigenvalue weighted by atomic mass is 35.5. The minimum Gasteiger partial charge on any atom is -0.365 e. The number of hydrogen-bond acceptors (Lipinski definition) is 7. The molecule has 0 saturated carbocycles. The van der Waals surface area contributed by atoms with Gasteiger partial charge in [0.25, 0.3) is 5.91 Å². The Morgan fingerprint density at radius 1 is 1.20 bits per heavy atom. The van der Waals surface area contributed by atoms with Crippen molar-refractivity contribution in [1.82, 2.24) is 19.9 Å². The fraction of sp³-hybridized carbons (Fsp3) is 0.188. The summed E-state index contributed by atoms with van der Waals surface area (Å²) < 4.78 is 0. The van der Waals surface area contributed by atoms with Gasteiger partial charge in [0.15, 0.2) is 0 Å². The summed E-state index contributed by atoms with van der Waals surface area (Å²) in [6, 6.07) is 3.57. The molecule has 0 saturated heterocycles. The number of aromatic nitrogens is 4. The number of pyridine rings is 1. The number of hydrogen-bond donors (Lipinski definition) is 2. The van der Waals surface area contributed by atoms with Gasteiger partial charge in [0, 0.05) is 24.2 Å². The number of rotatable bonds is 5. The largest absolute Gasteiger partial charge is 0.365 e. The monoisotopic (exact) mass is 374 g/mol. The second kappa shape index (κ2) is 6.73. The van der Waals surface area contributed by atoms with Gasteiger partial charge in [-0.25, -0.2) is 15.0 Å². The van der Waals surface area contributed by atoms with Crippen LogP contribution in [-0.2, 0) is 5.54 Å². The molecule has 0 fully saturated rings. The van der Waals surface area contributed by atoms with E-state index >= 15 is 0 Å². The Labute approximate surface area is 153 Å².